The van der Waals surface area contributed by atoms with Gasteiger partial charge in [0.1, 0.15) is 16.5 Å². The van der Waals surface area contributed by atoms with Crippen LogP contribution in [0.3, 0.4) is 0 Å². The molecule has 104 valence electrons. The summed E-state index contributed by atoms with van der Waals surface area (Å²) in [5.74, 6) is -0.667. The van der Waals surface area contributed by atoms with E-state index in [1.54, 1.807) is 17.8 Å². The highest BCUT2D eigenvalue weighted by atomic mass is 32.1. The second kappa shape index (κ2) is 5.80. The molecule has 0 aliphatic carbocycles. The molecule has 0 fully saturated rings. The van der Waals surface area contributed by atoms with Gasteiger partial charge in [-0.25, -0.2) is 9.37 Å². The minimum absolute atomic E-state index is 0.321. The second-order valence-corrected chi connectivity index (χ2v) is 5.09. The van der Waals surface area contributed by atoms with E-state index in [-0.39, 0.29) is 11.7 Å². The van der Waals surface area contributed by atoms with Crippen molar-refractivity contribution in [2.24, 2.45) is 0 Å². The van der Waals surface area contributed by atoms with Gasteiger partial charge in [-0.05, 0) is 36.4 Å². The molecule has 2 heterocycles. The van der Waals surface area contributed by atoms with Crippen LogP contribution in [0, 0.1) is 5.82 Å². The summed E-state index contributed by atoms with van der Waals surface area (Å²) in [5, 5.41) is 5.12. The van der Waals surface area contributed by atoms with Crippen molar-refractivity contribution in [3.8, 4) is 10.6 Å². The van der Waals surface area contributed by atoms with Crippen molar-refractivity contribution in [1.29, 1.82) is 0 Å². The number of anilines is 1. The smallest absolute Gasteiger partial charge is 0.275 e. The van der Waals surface area contributed by atoms with E-state index in [2.05, 4.69) is 15.3 Å². The summed E-state index contributed by atoms with van der Waals surface area (Å²) in [7, 11) is 0. The van der Waals surface area contributed by atoms with Gasteiger partial charge in [0, 0.05) is 29.0 Å². The third-order valence-corrected chi connectivity index (χ3v) is 3.66. The number of aromatic nitrogens is 2. The number of nitrogens with zero attached hydrogens (tertiary/aromatic N) is 2. The fourth-order valence-electron chi connectivity index (χ4n) is 1.73. The molecule has 0 saturated carbocycles. The van der Waals surface area contributed by atoms with E-state index in [9.17, 15) is 9.18 Å². The van der Waals surface area contributed by atoms with Crippen molar-refractivity contribution < 1.29 is 9.18 Å². The van der Waals surface area contributed by atoms with Crippen molar-refractivity contribution >= 4 is 22.9 Å². The Labute approximate surface area is 124 Å². The highest BCUT2D eigenvalue weighted by molar-refractivity contribution is 7.13. The zero-order valence-corrected chi connectivity index (χ0v) is 11.6. The predicted molar refractivity (Wildman–Crippen MR) is 79.7 cm³/mol. The van der Waals surface area contributed by atoms with E-state index in [0.717, 1.165) is 10.6 Å². The Hall–Kier alpha value is -2.60. The van der Waals surface area contributed by atoms with Crippen LogP contribution in [0.25, 0.3) is 10.6 Å². The van der Waals surface area contributed by atoms with Crippen LogP contribution >= 0.6 is 11.3 Å². The zero-order chi connectivity index (χ0) is 14.7. The molecule has 3 rings (SSSR count). The third kappa shape index (κ3) is 3.11. The largest absolute Gasteiger partial charge is 0.321 e. The maximum absolute atomic E-state index is 12.8. The van der Waals surface area contributed by atoms with Crippen LogP contribution in [-0.4, -0.2) is 15.9 Å². The lowest BCUT2D eigenvalue weighted by Gasteiger charge is -2.02. The second-order valence-electron chi connectivity index (χ2n) is 4.23. The van der Waals surface area contributed by atoms with Crippen LogP contribution in [0.5, 0.6) is 0 Å². The number of nitrogens with one attached hydrogen (secondary N) is 1. The summed E-state index contributed by atoms with van der Waals surface area (Å²) in [6.07, 6.45) is 3.35. The molecule has 4 nitrogen and oxygen atoms in total. The van der Waals surface area contributed by atoms with Crippen LogP contribution in [0.2, 0.25) is 0 Å². The topological polar surface area (TPSA) is 54.9 Å². The Morgan fingerprint density at radius 3 is 2.52 bits per heavy atom. The van der Waals surface area contributed by atoms with Gasteiger partial charge in [-0.15, -0.1) is 11.3 Å². The Kier molecular flexibility index (Phi) is 3.70. The van der Waals surface area contributed by atoms with E-state index >= 15 is 0 Å². The van der Waals surface area contributed by atoms with Gasteiger partial charge in [0.15, 0.2) is 0 Å². The van der Waals surface area contributed by atoms with Gasteiger partial charge in [0.25, 0.3) is 5.91 Å². The van der Waals surface area contributed by atoms with Crippen molar-refractivity contribution in [3.05, 3.63) is 65.7 Å². The summed E-state index contributed by atoms with van der Waals surface area (Å²) in [4.78, 5) is 20.3. The molecule has 3 aromatic rings. The van der Waals surface area contributed by atoms with E-state index in [0.29, 0.717) is 11.4 Å². The first-order chi connectivity index (χ1) is 10.2. The van der Waals surface area contributed by atoms with E-state index < -0.39 is 0 Å². The molecule has 0 aliphatic rings. The normalized spacial score (nSPS) is 10.3. The number of carbonyl (C=O) groups is 1. The van der Waals surface area contributed by atoms with Crippen LogP contribution in [0.15, 0.2) is 54.2 Å². The Balaban J connectivity index is 1.77. The quantitative estimate of drug-likeness (QED) is 0.804. The molecule has 0 bridgehead atoms. The first kappa shape index (κ1) is 13.4. The molecular formula is C15H10FN3OS. The lowest BCUT2D eigenvalue weighted by Crippen LogP contribution is -2.12. The third-order valence-electron chi connectivity index (χ3n) is 2.77. The van der Waals surface area contributed by atoms with Crippen molar-refractivity contribution in [2.45, 2.75) is 0 Å². The number of hydrogen-bond donors (Lipinski definition) is 1. The Morgan fingerprint density at radius 1 is 1.10 bits per heavy atom. The maximum Gasteiger partial charge on any atom is 0.275 e. The molecule has 2 aromatic heterocycles. The molecule has 1 aromatic carbocycles. The number of benzene rings is 1. The molecule has 0 spiro atoms. The van der Waals surface area contributed by atoms with Gasteiger partial charge < -0.3 is 5.32 Å². The van der Waals surface area contributed by atoms with Crippen LogP contribution < -0.4 is 5.32 Å². The summed E-state index contributed by atoms with van der Waals surface area (Å²) in [6.45, 7) is 0. The van der Waals surface area contributed by atoms with Crippen LogP contribution in [0.1, 0.15) is 10.5 Å². The Bertz CT molecular complexity index is 756. The highest BCUT2D eigenvalue weighted by Gasteiger charge is 2.12. The molecule has 0 saturated heterocycles. The van der Waals surface area contributed by atoms with E-state index in [1.807, 2.05) is 12.1 Å². The predicted octanol–water partition coefficient (Wildman–Crippen LogP) is 3.60. The number of halogens is 1. The summed E-state index contributed by atoms with van der Waals surface area (Å²) < 4.78 is 12.8. The van der Waals surface area contributed by atoms with E-state index in [4.69, 9.17) is 0 Å². The zero-order valence-electron chi connectivity index (χ0n) is 10.8. The standard InChI is InChI=1S/C15H10FN3OS/c16-11-1-3-12(4-2-11)18-14(20)13-9-21-15(19-13)10-5-7-17-8-6-10/h1-9H,(H,18,20). The lowest BCUT2D eigenvalue weighted by atomic mass is 10.3. The number of hydrogen-bond acceptors (Lipinski definition) is 4. The molecule has 1 N–H and O–H groups in total. The molecule has 0 atom stereocenters. The van der Waals surface area contributed by atoms with Crippen LogP contribution in [0.4, 0.5) is 10.1 Å². The Morgan fingerprint density at radius 2 is 1.81 bits per heavy atom. The van der Waals surface area contributed by atoms with Gasteiger partial charge in [-0.1, -0.05) is 0 Å². The first-order valence-electron chi connectivity index (χ1n) is 6.15. The molecule has 21 heavy (non-hydrogen) atoms. The minimum atomic E-state index is -0.346. The summed E-state index contributed by atoms with van der Waals surface area (Å²) in [5.41, 5.74) is 1.77. The molecular weight excluding hydrogens is 289 g/mol. The molecule has 0 unspecified atom stereocenters. The van der Waals surface area contributed by atoms with Gasteiger partial charge >= 0.3 is 0 Å². The van der Waals surface area contributed by atoms with Crippen molar-refractivity contribution in [2.75, 3.05) is 5.32 Å². The number of pyridine rings is 1. The number of amides is 1. The average molecular weight is 299 g/mol. The molecule has 1 amide bonds. The average Bonchev–Trinajstić information content (AvgIpc) is 3.00. The SMILES string of the molecule is O=C(Nc1ccc(F)cc1)c1csc(-c2ccncc2)n1. The van der Waals surface area contributed by atoms with Crippen LogP contribution in [-0.2, 0) is 0 Å². The highest BCUT2D eigenvalue weighted by Crippen LogP contribution is 2.23. The minimum Gasteiger partial charge on any atom is -0.321 e. The molecule has 0 radical (unpaired) electrons. The monoisotopic (exact) mass is 299 g/mol. The fourth-order valence-corrected chi connectivity index (χ4v) is 2.54. The van der Waals surface area contributed by atoms with Gasteiger partial charge in [-0.3, -0.25) is 9.78 Å². The lowest BCUT2D eigenvalue weighted by molar-refractivity contribution is 0.102. The number of carbonyl (C=O) groups excluding carboxylic acids is 1. The summed E-state index contributed by atoms with van der Waals surface area (Å²) in [6, 6.07) is 9.26. The number of rotatable bonds is 3. The number of thiazole rings is 1. The molecule has 6 heteroatoms. The van der Waals surface area contributed by atoms with Crippen molar-refractivity contribution in [1.82, 2.24) is 9.97 Å². The van der Waals surface area contributed by atoms with Gasteiger partial charge in [0.05, 0.1) is 0 Å². The first-order valence-corrected chi connectivity index (χ1v) is 7.03. The van der Waals surface area contributed by atoms with Crippen molar-refractivity contribution in [3.63, 3.8) is 0 Å². The maximum atomic E-state index is 12.8. The fraction of sp³-hybridized carbons (Fsp3) is 0. The van der Waals surface area contributed by atoms with E-state index in [1.165, 1.54) is 35.6 Å². The summed E-state index contributed by atoms with van der Waals surface area (Å²) >= 11 is 1.38. The molecule has 0 aliphatic heterocycles. The van der Waals surface area contributed by atoms with Gasteiger partial charge in [0.2, 0.25) is 0 Å². The van der Waals surface area contributed by atoms with Gasteiger partial charge in [-0.2, -0.15) is 0 Å².